The molecule has 1 atom stereocenters. The number of benzene rings is 2. The van der Waals surface area contributed by atoms with Crippen LogP contribution in [0.4, 0.5) is 4.39 Å². The van der Waals surface area contributed by atoms with Gasteiger partial charge in [0, 0.05) is 18.8 Å². The van der Waals surface area contributed by atoms with Crippen molar-refractivity contribution in [1.82, 2.24) is 4.98 Å². The molecule has 5 heteroatoms. The predicted molar refractivity (Wildman–Crippen MR) is 127 cm³/mol. The third-order valence-corrected chi connectivity index (χ3v) is 5.32. The second-order valence-corrected chi connectivity index (χ2v) is 7.61. The molecule has 4 nitrogen and oxygen atoms in total. The van der Waals surface area contributed by atoms with Crippen LogP contribution >= 0.6 is 0 Å². The fourth-order valence-corrected chi connectivity index (χ4v) is 3.78. The van der Waals surface area contributed by atoms with Crippen LogP contribution in [0.5, 0.6) is 5.75 Å². The third kappa shape index (κ3) is 5.11. The SMILES string of the molecule is CC1=C(CCON=CC(C)Oc2ccccc2)c2cc(F)ccc2C1=Cc1ccncc1. The van der Waals surface area contributed by atoms with E-state index in [9.17, 15) is 4.39 Å². The fraction of sp³-hybridized carbons (Fsp3) is 0.185. The van der Waals surface area contributed by atoms with Crippen molar-refractivity contribution in [2.75, 3.05) is 6.61 Å². The minimum absolute atomic E-state index is 0.213. The van der Waals surface area contributed by atoms with E-state index in [2.05, 4.69) is 23.1 Å². The van der Waals surface area contributed by atoms with Gasteiger partial charge in [-0.15, -0.1) is 0 Å². The number of halogens is 1. The van der Waals surface area contributed by atoms with Gasteiger partial charge in [0.15, 0.2) is 0 Å². The number of nitrogens with zero attached hydrogens (tertiary/aromatic N) is 2. The van der Waals surface area contributed by atoms with Crippen molar-refractivity contribution in [3.63, 3.8) is 0 Å². The van der Waals surface area contributed by atoms with Crippen LogP contribution in [0.1, 0.15) is 37.0 Å². The Balaban J connectivity index is 1.43. The van der Waals surface area contributed by atoms with E-state index in [1.54, 1.807) is 24.7 Å². The summed E-state index contributed by atoms with van der Waals surface area (Å²) in [5.41, 5.74) is 6.29. The highest BCUT2D eigenvalue weighted by atomic mass is 19.1. The second kappa shape index (κ2) is 10.1. The first-order valence-electron chi connectivity index (χ1n) is 10.6. The van der Waals surface area contributed by atoms with E-state index < -0.39 is 0 Å². The van der Waals surface area contributed by atoms with Gasteiger partial charge >= 0.3 is 0 Å². The highest BCUT2D eigenvalue weighted by Crippen LogP contribution is 2.43. The summed E-state index contributed by atoms with van der Waals surface area (Å²) >= 11 is 0. The molecule has 0 bridgehead atoms. The molecule has 1 heterocycles. The topological polar surface area (TPSA) is 43.7 Å². The first-order valence-corrected chi connectivity index (χ1v) is 10.6. The van der Waals surface area contributed by atoms with Crippen molar-refractivity contribution in [3.8, 4) is 5.75 Å². The molecule has 32 heavy (non-hydrogen) atoms. The number of hydrogen-bond donors (Lipinski definition) is 0. The molecule has 1 unspecified atom stereocenters. The molecule has 0 spiro atoms. The molecule has 0 amide bonds. The zero-order chi connectivity index (χ0) is 22.3. The Morgan fingerprint density at radius 3 is 2.59 bits per heavy atom. The molecule has 4 rings (SSSR count). The van der Waals surface area contributed by atoms with E-state index in [1.165, 1.54) is 6.07 Å². The van der Waals surface area contributed by atoms with Crippen LogP contribution in [-0.2, 0) is 4.84 Å². The van der Waals surface area contributed by atoms with Crippen LogP contribution in [-0.4, -0.2) is 23.9 Å². The Hall–Kier alpha value is -3.73. The van der Waals surface area contributed by atoms with Crippen LogP contribution < -0.4 is 4.74 Å². The van der Waals surface area contributed by atoms with Crippen molar-refractivity contribution in [3.05, 3.63) is 101 Å². The average Bonchev–Trinajstić information content (AvgIpc) is 3.05. The van der Waals surface area contributed by atoms with Crippen LogP contribution in [0.3, 0.4) is 0 Å². The Morgan fingerprint density at radius 2 is 1.81 bits per heavy atom. The number of ether oxygens (including phenoxy) is 1. The second-order valence-electron chi connectivity index (χ2n) is 7.61. The van der Waals surface area contributed by atoms with Gasteiger partial charge in [-0.3, -0.25) is 4.98 Å². The molecule has 1 aliphatic carbocycles. The molecule has 0 saturated heterocycles. The van der Waals surface area contributed by atoms with Crippen molar-refractivity contribution < 1.29 is 14.0 Å². The molecule has 1 aromatic heterocycles. The molecule has 0 saturated carbocycles. The highest BCUT2D eigenvalue weighted by Gasteiger charge is 2.24. The maximum Gasteiger partial charge on any atom is 0.134 e. The van der Waals surface area contributed by atoms with Crippen molar-refractivity contribution in [1.29, 1.82) is 0 Å². The van der Waals surface area contributed by atoms with Gasteiger partial charge in [-0.25, -0.2) is 4.39 Å². The van der Waals surface area contributed by atoms with E-state index in [-0.39, 0.29) is 11.9 Å². The molecular weight excluding hydrogens is 403 g/mol. The van der Waals surface area contributed by atoms with Crippen LogP contribution in [0.25, 0.3) is 17.2 Å². The number of aromatic nitrogens is 1. The fourth-order valence-electron chi connectivity index (χ4n) is 3.78. The lowest BCUT2D eigenvalue weighted by Gasteiger charge is -2.10. The summed E-state index contributed by atoms with van der Waals surface area (Å²) in [5.74, 6) is 0.537. The minimum Gasteiger partial charge on any atom is -0.485 e. The smallest absolute Gasteiger partial charge is 0.134 e. The molecule has 2 aromatic carbocycles. The molecule has 0 radical (unpaired) electrons. The van der Waals surface area contributed by atoms with Gasteiger partial charge in [0.1, 0.15) is 24.3 Å². The zero-order valence-electron chi connectivity index (χ0n) is 18.2. The van der Waals surface area contributed by atoms with E-state index >= 15 is 0 Å². The average molecular weight is 429 g/mol. The molecule has 0 aliphatic heterocycles. The monoisotopic (exact) mass is 428 g/mol. The summed E-state index contributed by atoms with van der Waals surface area (Å²) in [6.45, 7) is 4.36. The third-order valence-electron chi connectivity index (χ3n) is 5.32. The van der Waals surface area contributed by atoms with E-state index in [0.717, 1.165) is 39.2 Å². The number of rotatable bonds is 8. The lowest BCUT2D eigenvalue weighted by atomic mass is 10.0. The quantitative estimate of drug-likeness (QED) is 0.237. The van der Waals surface area contributed by atoms with Gasteiger partial charge in [-0.1, -0.05) is 29.4 Å². The van der Waals surface area contributed by atoms with Gasteiger partial charge in [-0.05, 0) is 89.7 Å². The van der Waals surface area contributed by atoms with Gasteiger partial charge in [-0.2, -0.15) is 0 Å². The minimum atomic E-state index is -0.245. The van der Waals surface area contributed by atoms with Gasteiger partial charge in [0.05, 0.1) is 6.21 Å². The molecule has 1 aliphatic rings. The number of pyridine rings is 1. The molecular formula is C27H25FN2O2. The van der Waals surface area contributed by atoms with Crippen LogP contribution in [0.2, 0.25) is 0 Å². The number of fused-ring (bicyclic) bond motifs is 1. The van der Waals surface area contributed by atoms with Crippen molar-refractivity contribution in [2.45, 2.75) is 26.4 Å². The van der Waals surface area contributed by atoms with Crippen LogP contribution in [0.15, 0.2) is 83.8 Å². The van der Waals surface area contributed by atoms with Gasteiger partial charge in [0.25, 0.3) is 0 Å². The summed E-state index contributed by atoms with van der Waals surface area (Å²) in [6, 6.07) is 18.4. The van der Waals surface area contributed by atoms with E-state index in [0.29, 0.717) is 13.0 Å². The Kier molecular flexibility index (Phi) is 6.75. The maximum atomic E-state index is 14.0. The zero-order valence-corrected chi connectivity index (χ0v) is 18.2. The number of oxime groups is 1. The molecule has 0 N–H and O–H groups in total. The summed E-state index contributed by atoms with van der Waals surface area (Å²) in [7, 11) is 0. The summed E-state index contributed by atoms with van der Waals surface area (Å²) < 4.78 is 19.8. The Bertz CT molecular complexity index is 1150. The van der Waals surface area contributed by atoms with Gasteiger partial charge < -0.3 is 9.57 Å². The highest BCUT2D eigenvalue weighted by molar-refractivity contribution is 6.05. The van der Waals surface area contributed by atoms with Gasteiger partial charge in [0.2, 0.25) is 0 Å². The van der Waals surface area contributed by atoms with Crippen molar-refractivity contribution >= 4 is 23.4 Å². The normalized spacial score (nSPS) is 15.3. The molecule has 0 fully saturated rings. The van der Waals surface area contributed by atoms with Crippen molar-refractivity contribution in [2.24, 2.45) is 5.16 Å². The predicted octanol–water partition coefficient (Wildman–Crippen LogP) is 6.41. The number of allylic oxidation sites excluding steroid dienone is 2. The van der Waals surface area contributed by atoms with Crippen LogP contribution in [0, 0.1) is 5.82 Å². The summed E-state index contributed by atoms with van der Waals surface area (Å²) in [6.07, 6.45) is 7.69. The number of para-hydroxylation sites is 1. The van der Waals surface area contributed by atoms with E-state index in [4.69, 9.17) is 9.57 Å². The Morgan fingerprint density at radius 1 is 1.03 bits per heavy atom. The Labute approximate surface area is 187 Å². The largest absolute Gasteiger partial charge is 0.485 e. The molecule has 3 aromatic rings. The standard InChI is InChI=1S/C27H25FN2O2/c1-19(32-23-6-4-3-5-7-23)18-30-31-15-12-24-20(2)26(16-21-10-13-29-14-11-21)25-9-8-22(28)17-27(24)25/h3-11,13-14,16-19H,12,15H2,1-2H3. The lowest BCUT2D eigenvalue weighted by molar-refractivity contribution is 0.148. The first kappa shape index (κ1) is 21.5. The van der Waals surface area contributed by atoms with E-state index in [1.807, 2.05) is 55.5 Å². The summed E-state index contributed by atoms with van der Waals surface area (Å²) in [4.78, 5) is 9.56. The first-order chi connectivity index (χ1) is 15.6. The number of hydrogen-bond acceptors (Lipinski definition) is 4. The summed E-state index contributed by atoms with van der Waals surface area (Å²) in [5, 5.41) is 4.05. The maximum absolute atomic E-state index is 14.0. The molecule has 162 valence electrons. The lowest BCUT2D eigenvalue weighted by Crippen LogP contribution is -2.13.